The number of aliphatic hydroxyl groups excluding tert-OH is 1. The van der Waals surface area contributed by atoms with E-state index in [1.165, 1.54) is 225 Å². The van der Waals surface area contributed by atoms with Crippen LogP contribution in [0.1, 0.15) is 258 Å². The Morgan fingerprint density at radius 3 is 0.791 bits per heavy atom. The molecule has 0 rings (SSSR count). The zero-order valence-corrected chi connectivity index (χ0v) is 30.8. The van der Waals surface area contributed by atoms with Gasteiger partial charge in [-0.25, -0.2) is 0 Å². The third-order valence-electron chi connectivity index (χ3n) is 10.2. The van der Waals surface area contributed by atoms with Crippen LogP contribution in [0.15, 0.2) is 0 Å². The van der Waals surface area contributed by atoms with Gasteiger partial charge in [0.25, 0.3) is 0 Å². The standard InChI is InChI=1S/C42H86O/c1-4-6-8-10-12-14-16-18-20-21-22-24-25-27-29-31-33-35-37-41(3)39-40-42(43)38-36-34-32-30-28-26-23-19-17-15-13-11-9-7-5-2/h41-43H,4-40H2,1-3H3. The average molecular weight is 607 g/mol. The number of unbranched alkanes of at least 4 members (excludes halogenated alkanes) is 31. The Morgan fingerprint density at radius 1 is 0.279 bits per heavy atom. The Kier molecular flexibility index (Phi) is 38.1. The summed E-state index contributed by atoms with van der Waals surface area (Å²) in [7, 11) is 0. The summed E-state index contributed by atoms with van der Waals surface area (Å²) in [4.78, 5) is 0. The highest BCUT2D eigenvalue weighted by Gasteiger charge is 2.08. The first kappa shape index (κ1) is 43.0. The van der Waals surface area contributed by atoms with Crippen molar-refractivity contribution in [2.75, 3.05) is 0 Å². The van der Waals surface area contributed by atoms with Crippen molar-refractivity contribution in [2.24, 2.45) is 5.92 Å². The van der Waals surface area contributed by atoms with E-state index in [4.69, 9.17) is 0 Å². The fraction of sp³-hybridized carbons (Fsp3) is 1.00. The summed E-state index contributed by atoms with van der Waals surface area (Å²) < 4.78 is 0. The average Bonchev–Trinajstić information content (AvgIpc) is 3.01. The molecule has 1 N–H and O–H groups in total. The molecule has 0 aliphatic heterocycles. The first-order valence-corrected chi connectivity index (χ1v) is 20.9. The Morgan fingerprint density at radius 2 is 0.512 bits per heavy atom. The van der Waals surface area contributed by atoms with Crippen LogP contribution in [-0.4, -0.2) is 11.2 Å². The molecule has 0 saturated carbocycles. The third kappa shape index (κ3) is 38.1. The molecule has 0 aromatic carbocycles. The van der Waals surface area contributed by atoms with E-state index in [-0.39, 0.29) is 6.10 Å². The predicted molar refractivity (Wildman–Crippen MR) is 197 cm³/mol. The molecule has 0 bridgehead atoms. The van der Waals surface area contributed by atoms with Crippen LogP contribution in [-0.2, 0) is 0 Å². The van der Waals surface area contributed by atoms with Gasteiger partial charge in [0.15, 0.2) is 0 Å². The molecule has 0 aromatic rings. The van der Waals surface area contributed by atoms with Crippen molar-refractivity contribution in [1.29, 1.82) is 0 Å². The number of rotatable bonds is 38. The molecule has 0 spiro atoms. The molecule has 0 aliphatic rings. The number of hydrogen-bond donors (Lipinski definition) is 1. The summed E-state index contributed by atoms with van der Waals surface area (Å²) in [6.45, 7) is 7.01. The fourth-order valence-electron chi connectivity index (χ4n) is 6.91. The van der Waals surface area contributed by atoms with Crippen molar-refractivity contribution in [3.05, 3.63) is 0 Å². The smallest absolute Gasteiger partial charge is 0.0540 e. The fourth-order valence-corrected chi connectivity index (χ4v) is 6.91. The van der Waals surface area contributed by atoms with E-state index in [9.17, 15) is 5.11 Å². The summed E-state index contributed by atoms with van der Waals surface area (Å²) in [6.07, 6.45) is 51.9. The van der Waals surface area contributed by atoms with Gasteiger partial charge in [0, 0.05) is 0 Å². The molecule has 0 fully saturated rings. The zero-order valence-electron chi connectivity index (χ0n) is 30.8. The second-order valence-electron chi connectivity index (χ2n) is 14.9. The van der Waals surface area contributed by atoms with Crippen LogP contribution in [0.5, 0.6) is 0 Å². The third-order valence-corrected chi connectivity index (χ3v) is 10.2. The molecular formula is C42H86O. The molecule has 0 radical (unpaired) electrons. The summed E-state index contributed by atoms with van der Waals surface area (Å²) in [5.74, 6) is 0.789. The van der Waals surface area contributed by atoms with Crippen molar-refractivity contribution in [1.82, 2.24) is 0 Å². The maximum atomic E-state index is 10.4. The minimum absolute atomic E-state index is 0.0512. The molecule has 2 unspecified atom stereocenters. The second-order valence-corrected chi connectivity index (χ2v) is 14.9. The van der Waals surface area contributed by atoms with Gasteiger partial charge in [-0.2, -0.15) is 0 Å². The van der Waals surface area contributed by atoms with E-state index in [1.54, 1.807) is 0 Å². The Bertz CT molecular complexity index is 474. The molecule has 0 amide bonds. The van der Waals surface area contributed by atoms with Crippen LogP contribution in [0, 0.1) is 5.92 Å². The highest BCUT2D eigenvalue weighted by atomic mass is 16.3. The van der Waals surface area contributed by atoms with Gasteiger partial charge in [-0.05, 0) is 25.2 Å². The molecule has 0 heterocycles. The topological polar surface area (TPSA) is 20.2 Å². The van der Waals surface area contributed by atoms with E-state index in [2.05, 4.69) is 20.8 Å². The van der Waals surface area contributed by atoms with Gasteiger partial charge in [-0.15, -0.1) is 0 Å². The van der Waals surface area contributed by atoms with Gasteiger partial charge >= 0.3 is 0 Å². The molecule has 2 atom stereocenters. The lowest BCUT2D eigenvalue weighted by molar-refractivity contribution is 0.141. The minimum Gasteiger partial charge on any atom is -0.393 e. The predicted octanol–water partition coefficient (Wildman–Crippen LogP) is 15.5. The van der Waals surface area contributed by atoms with Crippen molar-refractivity contribution in [3.63, 3.8) is 0 Å². The van der Waals surface area contributed by atoms with E-state index >= 15 is 0 Å². The zero-order chi connectivity index (χ0) is 31.3. The molecule has 260 valence electrons. The van der Waals surface area contributed by atoms with E-state index < -0.39 is 0 Å². The van der Waals surface area contributed by atoms with Crippen molar-refractivity contribution < 1.29 is 5.11 Å². The largest absolute Gasteiger partial charge is 0.393 e. The summed E-state index contributed by atoms with van der Waals surface area (Å²) >= 11 is 0. The first-order valence-electron chi connectivity index (χ1n) is 20.9. The van der Waals surface area contributed by atoms with E-state index in [0.717, 1.165) is 18.8 Å². The monoisotopic (exact) mass is 607 g/mol. The van der Waals surface area contributed by atoms with Gasteiger partial charge in [0.05, 0.1) is 6.10 Å². The molecule has 0 aliphatic carbocycles. The molecular weight excluding hydrogens is 520 g/mol. The van der Waals surface area contributed by atoms with E-state index in [0.29, 0.717) is 0 Å². The molecule has 43 heavy (non-hydrogen) atoms. The van der Waals surface area contributed by atoms with Gasteiger partial charge in [-0.1, -0.05) is 239 Å². The van der Waals surface area contributed by atoms with Crippen LogP contribution < -0.4 is 0 Å². The lowest BCUT2D eigenvalue weighted by atomic mass is 9.94. The summed E-state index contributed by atoms with van der Waals surface area (Å²) in [5, 5.41) is 10.4. The minimum atomic E-state index is -0.0512. The van der Waals surface area contributed by atoms with Crippen LogP contribution >= 0.6 is 0 Å². The van der Waals surface area contributed by atoms with Crippen LogP contribution in [0.3, 0.4) is 0 Å². The van der Waals surface area contributed by atoms with Gasteiger partial charge < -0.3 is 5.11 Å². The van der Waals surface area contributed by atoms with E-state index in [1.807, 2.05) is 0 Å². The van der Waals surface area contributed by atoms with Crippen molar-refractivity contribution in [3.8, 4) is 0 Å². The van der Waals surface area contributed by atoms with Crippen molar-refractivity contribution >= 4 is 0 Å². The van der Waals surface area contributed by atoms with Crippen LogP contribution in [0.2, 0.25) is 0 Å². The lowest BCUT2D eigenvalue weighted by Gasteiger charge is -2.15. The summed E-state index contributed by atoms with van der Waals surface area (Å²) in [5.41, 5.74) is 0. The highest BCUT2D eigenvalue weighted by molar-refractivity contribution is 4.62. The lowest BCUT2D eigenvalue weighted by Crippen LogP contribution is -2.08. The normalized spacial score (nSPS) is 13.1. The highest BCUT2D eigenvalue weighted by Crippen LogP contribution is 2.20. The Hall–Kier alpha value is -0.0400. The van der Waals surface area contributed by atoms with Gasteiger partial charge in [0.1, 0.15) is 0 Å². The second kappa shape index (κ2) is 38.1. The van der Waals surface area contributed by atoms with Gasteiger partial charge in [0.2, 0.25) is 0 Å². The van der Waals surface area contributed by atoms with Crippen LogP contribution in [0.4, 0.5) is 0 Å². The summed E-state index contributed by atoms with van der Waals surface area (Å²) in [6, 6.07) is 0. The van der Waals surface area contributed by atoms with Crippen LogP contribution in [0.25, 0.3) is 0 Å². The SMILES string of the molecule is CCCCCCCCCCCCCCCCCCCCC(C)CCC(O)CCCCCCCCCCCCCCCCC. The molecule has 0 aromatic heterocycles. The van der Waals surface area contributed by atoms with Gasteiger partial charge in [-0.3, -0.25) is 0 Å². The van der Waals surface area contributed by atoms with Crippen molar-refractivity contribution in [2.45, 2.75) is 264 Å². The Labute approximate surface area is 274 Å². The molecule has 1 nitrogen and oxygen atoms in total. The quantitative estimate of drug-likeness (QED) is 0.0693. The molecule has 1 heteroatoms. The maximum Gasteiger partial charge on any atom is 0.0540 e. The first-order chi connectivity index (χ1) is 21.2. The molecule has 0 saturated heterocycles. The Balaban J connectivity index is 3.25. The number of hydrogen-bond acceptors (Lipinski definition) is 1. The number of aliphatic hydroxyl groups is 1. The maximum absolute atomic E-state index is 10.4.